The summed E-state index contributed by atoms with van der Waals surface area (Å²) in [4.78, 5) is -1.34. The zero-order valence-corrected chi connectivity index (χ0v) is 10.3. The van der Waals surface area contributed by atoms with E-state index in [1.54, 1.807) is 0 Å². The lowest BCUT2D eigenvalue weighted by Gasteiger charge is -2.11. The van der Waals surface area contributed by atoms with Gasteiger partial charge in [-0.1, -0.05) is 6.07 Å². The molecule has 0 aliphatic heterocycles. The van der Waals surface area contributed by atoms with Crippen molar-refractivity contribution in [2.75, 3.05) is 0 Å². The van der Waals surface area contributed by atoms with Gasteiger partial charge in [-0.2, -0.15) is 16.8 Å². The van der Waals surface area contributed by atoms with Gasteiger partial charge in [0, 0.05) is 12.1 Å². The second-order valence-electron chi connectivity index (χ2n) is 3.32. The van der Waals surface area contributed by atoms with E-state index in [4.69, 9.17) is 14.8 Å². The standard InChI is InChI=1S/C8H10NO6S2/c1-5-2-3-7(16(10,11)12)6(4-9)8(5)17(13,14)15/h2-3,9H,4H2,1H3,(H,10,11,12)(H,13,14,15). The Hall–Kier alpha value is -1.00. The summed E-state index contributed by atoms with van der Waals surface area (Å²) in [5.74, 6) is 0. The van der Waals surface area contributed by atoms with E-state index in [-0.39, 0.29) is 5.56 Å². The highest BCUT2D eigenvalue weighted by Crippen LogP contribution is 2.26. The van der Waals surface area contributed by atoms with Gasteiger partial charge in [0.05, 0.1) is 4.90 Å². The van der Waals surface area contributed by atoms with E-state index in [1.807, 2.05) is 0 Å². The van der Waals surface area contributed by atoms with Crippen molar-refractivity contribution in [1.29, 1.82) is 0 Å². The van der Waals surface area contributed by atoms with Crippen LogP contribution in [0.3, 0.4) is 0 Å². The molecule has 1 rings (SSSR count). The Kier molecular flexibility index (Phi) is 3.60. The Bertz CT molecular complexity index is 647. The molecule has 3 N–H and O–H groups in total. The van der Waals surface area contributed by atoms with Crippen LogP contribution in [0.2, 0.25) is 0 Å². The topological polar surface area (TPSA) is 133 Å². The zero-order valence-electron chi connectivity index (χ0n) is 8.71. The first kappa shape index (κ1) is 14.1. The van der Waals surface area contributed by atoms with Crippen LogP contribution in [0.25, 0.3) is 0 Å². The number of hydrogen-bond donors (Lipinski definition) is 2. The quantitative estimate of drug-likeness (QED) is 0.763. The number of benzene rings is 1. The molecule has 7 nitrogen and oxygen atoms in total. The summed E-state index contributed by atoms with van der Waals surface area (Å²) in [5.41, 5.74) is 6.78. The number of aryl methyl sites for hydroxylation is 1. The van der Waals surface area contributed by atoms with Crippen LogP contribution in [0.5, 0.6) is 0 Å². The van der Waals surface area contributed by atoms with Crippen LogP contribution in [0.4, 0.5) is 0 Å². The number of nitrogens with one attached hydrogen (secondary N) is 1. The predicted molar refractivity (Wildman–Crippen MR) is 57.6 cm³/mol. The van der Waals surface area contributed by atoms with Crippen LogP contribution in [0.1, 0.15) is 11.1 Å². The molecule has 9 heteroatoms. The Labute approximate surface area is 98.8 Å². The van der Waals surface area contributed by atoms with Crippen molar-refractivity contribution in [3.05, 3.63) is 23.3 Å². The molecule has 0 spiro atoms. The largest absolute Gasteiger partial charge is 0.295 e. The maximum atomic E-state index is 11.1. The van der Waals surface area contributed by atoms with Gasteiger partial charge in [0.25, 0.3) is 20.2 Å². The van der Waals surface area contributed by atoms with Gasteiger partial charge < -0.3 is 0 Å². The van der Waals surface area contributed by atoms with Crippen molar-refractivity contribution in [2.24, 2.45) is 0 Å². The Morgan fingerprint density at radius 3 is 2.00 bits per heavy atom. The number of rotatable bonds is 3. The summed E-state index contributed by atoms with van der Waals surface area (Å²) in [7, 11) is -9.30. The van der Waals surface area contributed by atoms with Crippen LogP contribution in [0, 0.1) is 6.92 Å². The third-order valence-corrected chi connectivity index (χ3v) is 4.15. The Morgan fingerprint density at radius 2 is 1.65 bits per heavy atom. The van der Waals surface area contributed by atoms with Crippen LogP contribution >= 0.6 is 0 Å². The average Bonchev–Trinajstić information content (AvgIpc) is 2.12. The third-order valence-electron chi connectivity index (χ3n) is 2.13. The molecule has 0 aliphatic carbocycles. The Balaban J connectivity index is 3.85. The summed E-state index contributed by atoms with van der Waals surface area (Å²) in [6, 6.07) is 2.12. The zero-order chi connectivity index (χ0) is 13.4. The second-order valence-corrected chi connectivity index (χ2v) is 6.06. The molecule has 0 atom stereocenters. The highest BCUT2D eigenvalue weighted by Gasteiger charge is 2.25. The Morgan fingerprint density at radius 1 is 1.12 bits per heavy atom. The fourth-order valence-corrected chi connectivity index (χ4v) is 3.25. The van der Waals surface area contributed by atoms with Gasteiger partial charge in [-0.15, -0.1) is 0 Å². The van der Waals surface area contributed by atoms with E-state index in [0.717, 1.165) is 12.1 Å². The predicted octanol–water partition coefficient (Wildman–Crippen LogP) is 0.271. The highest BCUT2D eigenvalue weighted by molar-refractivity contribution is 7.86. The molecule has 17 heavy (non-hydrogen) atoms. The van der Waals surface area contributed by atoms with Crippen molar-refractivity contribution >= 4 is 20.2 Å². The van der Waals surface area contributed by atoms with Crippen molar-refractivity contribution in [3.8, 4) is 0 Å². The van der Waals surface area contributed by atoms with Crippen molar-refractivity contribution in [3.63, 3.8) is 0 Å². The summed E-state index contributed by atoms with van der Waals surface area (Å²) in [6.07, 6.45) is 0. The molecule has 0 amide bonds. The minimum absolute atomic E-state index is 0.0992. The van der Waals surface area contributed by atoms with Crippen LogP contribution in [-0.4, -0.2) is 25.9 Å². The van der Waals surface area contributed by atoms with Gasteiger partial charge in [0.15, 0.2) is 0 Å². The first-order valence-corrected chi connectivity index (χ1v) is 7.19. The molecular formula is C8H10NO6S2. The molecule has 0 aliphatic rings. The van der Waals surface area contributed by atoms with Gasteiger partial charge >= 0.3 is 0 Å². The minimum Gasteiger partial charge on any atom is -0.282 e. The van der Waals surface area contributed by atoms with E-state index < -0.39 is 42.1 Å². The van der Waals surface area contributed by atoms with E-state index in [2.05, 4.69) is 0 Å². The monoisotopic (exact) mass is 280 g/mol. The average molecular weight is 280 g/mol. The van der Waals surface area contributed by atoms with Gasteiger partial charge in [0.1, 0.15) is 4.90 Å². The molecular weight excluding hydrogens is 270 g/mol. The fourth-order valence-electron chi connectivity index (χ4n) is 1.50. The van der Waals surface area contributed by atoms with E-state index >= 15 is 0 Å². The lowest BCUT2D eigenvalue weighted by atomic mass is 10.1. The van der Waals surface area contributed by atoms with Gasteiger partial charge in [0.2, 0.25) is 0 Å². The molecule has 0 saturated heterocycles. The molecule has 1 aromatic carbocycles. The molecule has 0 fully saturated rings. The molecule has 0 heterocycles. The normalized spacial score (nSPS) is 12.7. The van der Waals surface area contributed by atoms with E-state index in [9.17, 15) is 16.8 Å². The fraction of sp³-hybridized carbons (Fsp3) is 0.250. The maximum absolute atomic E-state index is 11.1. The minimum atomic E-state index is -4.65. The molecule has 0 saturated carbocycles. The van der Waals surface area contributed by atoms with Crippen LogP contribution < -0.4 is 5.73 Å². The molecule has 0 bridgehead atoms. The maximum Gasteiger partial charge on any atom is 0.295 e. The third kappa shape index (κ3) is 2.82. The molecule has 95 valence electrons. The van der Waals surface area contributed by atoms with Crippen molar-refractivity contribution in [1.82, 2.24) is 5.73 Å². The van der Waals surface area contributed by atoms with E-state index in [1.165, 1.54) is 6.92 Å². The summed E-state index contributed by atoms with van der Waals surface area (Å²) >= 11 is 0. The first-order chi connectivity index (χ1) is 7.59. The van der Waals surface area contributed by atoms with Crippen LogP contribution in [0.15, 0.2) is 21.9 Å². The highest BCUT2D eigenvalue weighted by atomic mass is 32.2. The van der Waals surface area contributed by atoms with Gasteiger partial charge in [-0.25, -0.2) is 0 Å². The summed E-state index contributed by atoms with van der Waals surface area (Å²) in [6.45, 7) is 0.641. The lowest BCUT2D eigenvalue weighted by molar-refractivity contribution is 0.478. The second kappa shape index (κ2) is 4.35. The summed E-state index contributed by atoms with van der Waals surface area (Å²) in [5, 5.41) is 0. The van der Waals surface area contributed by atoms with Crippen molar-refractivity contribution < 1.29 is 25.9 Å². The lowest BCUT2D eigenvalue weighted by Crippen LogP contribution is -2.12. The summed E-state index contributed by atoms with van der Waals surface area (Å²) < 4.78 is 62.1. The molecule has 1 radical (unpaired) electrons. The van der Waals surface area contributed by atoms with E-state index in [0.29, 0.717) is 0 Å². The van der Waals surface area contributed by atoms with Crippen molar-refractivity contribution in [2.45, 2.75) is 23.3 Å². The molecule has 0 aromatic heterocycles. The number of hydrogen-bond acceptors (Lipinski definition) is 4. The first-order valence-electron chi connectivity index (χ1n) is 4.31. The molecule has 0 unspecified atom stereocenters. The molecule has 1 aromatic rings. The smallest absolute Gasteiger partial charge is 0.282 e. The van der Waals surface area contributed by atoms with Crippen LogP contribution in [-0.2, 0) is 26.8 Å². The van der Waals surface area contributed by atoms with Gasteiger partial charge in [-0.05, 0) is 18.6 Å². The SMILES string of the molecule is Cc1ccc(S(=O)(=O)O)c(C[NH])c1S(=O)(=O)O. The van der Waals surface area contributed by atoms with Gasteiger partial charge in [-0.3, -0.25) is 14.8 Å².